The number of carbonyl (C=O) groups is 2. The molecule has 0 saturated carbocycles. The number of hydrogen-bond donors (Lipinski definition) is 0. The summed E-state index contributed by atoms with van der Waals surface area (Å²) in [6, 6.07) is 5.32. The quantitative estimate of drug-likeness (QED) is 0.749. The molecule has 0 aromatic heterocycles. The summed E-state index contributed by atoms with van der Waals surface area (Å²) in [4.78, 5) is 22.3. The van der Waals surface area contributed by atoms with Crippen LogP contribution in [-0.4, -0.2) is 12.1 Å². The van der Waals surface area contributed by atoms with Crippen molar-refractivity contribution in [3.8, 4) is 0 Å². The fourth-order valence-electron chi connectivity index (χ4n) is 2.14. The minimum atomic E-state index is 0.210. The second-order valence-electron chi connectivity index (χ2n) is 4.23. The number of allylic oxidation sites excluding steroid dienone is 2. The third kappa shape index (κ3) is 2.32. The third-order valence-corrected chi connectivity index (χ3v) is 3.50. The minimum absolute atomic E-state index is 0.210. The van der Waals surface area contributed by atoms with Gasteiger partial charge >= 0.3 is 0 Å². The largest absolute Gasteiger partial charge is 0.298 e. The number of Topliss-reactive ketones (excluding diaryl/α,β-unsaturated/α-hetero) is 1. The number of hydrogen-bond acceptors (Lipinski definition) is 2. The molecule has 1 aliphatic carbocycles. The topological polar surface area (TPSA) is 34.1 Å². The molecule has 0 aliphatic heterocycles. The summed E-state index contributed by atoms with van der Waals surface area (Å²) < 4.78 is 0. The van der Waals surface area contributed by atoms with Crippen LogP contribution in [0.15, 0.2) is 23.8 Å². The van der Waals surface area contributed by atoms with E-state index in [-0.39, 0.29) is 5.78 Å². The van der Waals surface area contributed by atoms with E-state index in [1.807, 2.05) is 13.0 Å². The first-order chi connectivity index (χ1) is 8.13. The van der Waals surface area contributed by atoms with E-state index in [2.05, 4.69) is 0 Å². The Bertz CT molecular complexity index is 515. The fourth-order valence-corrected chi connectivity index (χ4v) is 2.37. The Hall–Kier alpha value is -1.41. The van der Waals surface area contributed by atoms with Crippen LogP contribution < -0.4 is 0 Å². The van der Waals surface area contributed by atoms with Crippen LogP contribution >= 0.6 is 11.6 Å². The van der Waals surface area contributed by atoms with Gasteiger partial charge in [0.25, 0.3) is 0 Å². The van der Waals surface area contributed by atoms with Crippen molar-refractivity contribution >= 4 is 29.2 Å². The second-order valence-corrected chi connectivity index (χ2v) is 4.64. The molecule has 1 aliphatic rings. The van der Waals surface area contributed by atoms with Crippen molar-refractivity contribution < 1.29 is 9.59 Å². The summed E-state index contributed by atoms with van der Waals surface area (Å²) in [7, 11) is 0. The van der Waals surface area contributed by atoms with Gasteiger partial charge in [-0.1, -0.05) is 17.7 Å². The average Bonchev–Trinajstić information content (AvgIpc) is 2.32. The first kappa shape index (κ1) is 12.1. The summed E-state index contributed by atoms with van der Waals surface area (Å²) in [6.07, 6.45) is 3.15. The Morgan fingerprint density at radius 1 is 1.29 bits per heavy atom. The molecule has 0 unspecified atom stereocenters. The zero-order valence-electron chi connectivity index (χ0n) is 9.63. The lowest BCUT2D eigenvalue weighted by atomic mass is 9.87. The zero-order valence-corrected chi connectivity index (χ0v) is 10.4. The number of ketones is 1. The van der Waals surface area contributed by atoms with Crippen molar-refractivity contribution in [2.24, 2.45) is 0 Å². The Balaban J connectivity index is 2.47. The summed E-state index contributed by atoms with van der Waals surface area (Å²) in [5.74, 6) is 0.210. The molecule has 0 amide bonds. The van der Waals surface area contributed by atoms with Crippen molar-refractivity contribution in [3.05, 3.63) is 39.9 Å². The van der Waals surface area contributed by atoms with Gasteiger partial charge in [0.15, 0.2) is 12.1 Å². The standard InChI is InChI=1S/C14H13ClO2/c1-9-12(3-2-4-14(9)17)10-5-6-11(8-16)13(15)7-10/h5-8H,2-4H2,1H3. The van der Waals surface area contributed by atoms with Crippen LogP contribution in [0.4, 0.5) is 0 Å². The monoisotopic (exact) mass is 248 g/mol. The summed E-state index contributed by atoms with van der Waals surface area (Å²) in [5, 5.41) is 0.441. The molecule has 17 heavy (non-hydrogen) atoms. The van der Waals surface area contributed by atoms with Gasteiger partial charge < -0.3 is 0 Å². The zero-order chi connectivity index (χ0) is 12.4. The van der Waals surface area contributed by atoms with Crippen molar-refractivity contribution in [1.82, 2.24) is 0 Å². The summed E-state index contributed by atoms with van der Waals surface area (Å²) in [6.45, 7) is 1.86. The highest BCUT2D eigenvalue weighted by Gasteiger charge is 2.18. The van der Waals surface area contributed by atoms with Gasteiger partial charge in [0.05, 0.1) is 5.02 Å². The molecule has 0 N–H and O–H groups in total. The van der Waals surface area contributed by atoms with E-state index >= 15 is 0 Å². The van der Waals surface area contributed by atoms with Crippen molar-refractivity contribution in [3.63, 3.8) is 0 Å². The second kappa shape index (κ2) is 4.84. The molecule has 0 bridgehead atoms. The Morgan fingerprint density at radius 2 is 2.06 bits per heavy atom. The van der Waals surface area contributed by atoms with Gasteiger partial charge in [-0.2, -0.15) is 0 Å². The number of benzene rings is 1. The molecule has 1 aromatic carbocycles. The molecule has 0 heterocycles. The average molecular weight is 249 g/mol. The number of aldehydes is 1. The fraction of sp³-hybridized carbons (Fsp3) is 0.286. The Kier molecular flexibility index (Phi) is 3.43. The predicted molar refractivity (Wildman–Crippen MR) is 68.3 cm³/mol. The Labute approximate surface area is 105 Å². The first-order valence-electron chi connectivity index (χ1n) is 5.61. The van der Waals surface area contributed by atoms with Crippen LogP contribution in [0.25, 0.3) is 5.57 Å². The maximum absolute atomic E-state index is 11.6. The molecule has 0 spiro atoms. The normalized spacial score (nSPS) is 16.2. The van der Waals surface area contributed by atoms with E-state index < -0.39 is 0 Å². The van der Waals surface area contributed by atoms with Crippen LogP contribution in [0.2, 0.25) is 5.02 Å². The van der Waals surface area contributed by atoms with Gasteiger partial charge in [0.1, 0.15) is 0 Å². The molecular weight excluding hydrogens is 236 g/mol. The highest BCUT2D eigenvalue weighted by molar-refractivity contribution is 6.33. The van der Waals surface area contributed by atoms with Gasteiger partial charge in [-0.15, -0.1) is 0 Å². The summed E-state index contributed by atoms with van der Waals surface area (Å²) >= 11 is 5.99. The summed E-state index contributed by atoms with van der Waals surface area (Å²) in [5.41, 5.74) is 3.31. The SMILES string of the molecule is CC1=C(c2ccc(C=O)c(Cl)c2)CCCC1=O. The molecule has 0 saturated heterocycles. The lowest BCUT2D eigenvalue weighted by Gasteiger charge is -2.17. The Morgan fingerprint density at radius 3 is 2.71 bits per heavy atom. The molecule has 3 heteroatoms. The first-order valence-corrected chi connectivity index (χ1v) is 5.99. The molecule has 0 radical (unpaired) electrons. The molecule has 0 fully saturated rings. The van der Waals surface area contributed by atoms with Crippen molar-refractivity contribution in [2.45, 2.75) is 26.2 Å². The van der Waals surface area contributed by atoms with E-state index in [1.54, 1.807) is 12.1 Å². The molecule has 1 aromatic rings. The van der Waals surface area contributed by atoms with E-state index in [9.17, 15) is 9.59 Å². The highest BCUT2D eigenvalue weighted by Crippen LogP contribution is 2.32. The predicted octanol–water partition coefficient (Wildman–Crippen LogP) is 3.68. The maximum Gasteiger partial charge on any atom is 0.158 e. The number of halogens is 1. The van der Waals surface area contributed by atoms with E-state index in [4.69, 9.17) is 11.6 Å². The van der Waals surface area contributed by atoms with Crippen LogP contribution in [0.1, 0.15) is 42.1 Å². The molecule has 2 rings (SSSR count). The lowest BCUT2D eigenvalue weighted by molar-refractivity contribution is -0.115. The smallest absolute Gasteiger partial charge is 0.158 e. The lowest BCUT2D eigenvalue weighted by Crippen LogP contribution is -2.08. The van der Waals surface area contributed by atoms with Crippen LogP contribution in [0, 0.1) is 0 Å². The number of carbonyl (C=O) groups excluding carboxylic acids is 2. The minimum Gasteiger partial charge on any atom is -0.298 e. The molecule has 0 atom stereocenters. The van der Waals surface area contributed by atoms with Crippen molar-refractivity contribution in [1.29, 1.82) is 0 Å². The van der Waals surface area contributed by atoms with E-state index in [1.165, 1.54) is 0 Å². The van der Waals surface area contributed by atoms with Gasteiger partial charge in [0.2, 0.25) is 0 Å². The van der Waals surface area contributed by atoms with Crippen LogP contribution in [0.3, 0.4) is 0 Å². The molecule has 88 valence electrons. The van der Waals surface area contributed by atoms with E-state index in [0.29, 0.717) is 17.0 Å². The van der Waals surface area contributed by atoms with Gasteiger partial charge in [-0.05, 0) is 48.6 Å². The third-order valence-electron chi connectivity index (χ3n) is 3.18. The van der Waals surface area contributed by atoms with Gasteiger partial charge in [-0.3, -0.25) is 9.59 Å². The van der Waals surface area contributed by atoms with Gasteiger partial charge in [0, 0.05) is 12.0 Å². The number of rotatable bonds is 2. The highest BCUT2D eigenvalue weighted by atomic mass is 35.5. The van der Waals surface area contributed by atoms with Gasteiger partial charge in [-0.25, -0.2) is 0 Å². The van der Waals surface area contributed by atoms with Crippen molar-refractivity contribution in [2.75, 3.05) is 0 Å². The maximum atomic E-state index is 11.6. The van der Waals surface area contributed by atoms with Crippen LogP contribution in [0.5, 0.6) is 0 Å². The van der Waals surface area contributed by atoms with Crippen LogP contribution in [-0.2, 0) is 4.79 Å². The molecular formula is C14H13ClO2. The molecule has 2 nitrogen and oxygen atoms in total. The van der Waals surface area contributed by atoms with E-state index in [0.717, 1.165) is 35.8 Å².